The predicted octanol–water partition coefficient (Wildman–Crippen LogP) is 6.28. The molecule has 170 valence electrons. The number of carbonyl (C=O) groups is 1. The van der Waals surface area contributed by atoms with Gasteiger partial charge in [-0.05, 0) is 56.7 Å². The molecular weight excluding hydrogens is 414 g/mol. The Morgan fingerprint density at radius 1 is 0.879 bits per heavy atom. The van der Waals surface area contributed by atoms with Crippen molar-refractivity contribution in [3.63, 3.8) is 0 Å². The molecule has 33 heavy (non-hydrogen) atoms. The van der Waals surface area contributed by atoms with Gasteiger partial charge in [0.25, 0.3) is 0 Å². The summed E-state index contributed by atoms with van der Waals surface area (Å²) in [6, 6.07) is 19.6. The number of nitrogens with zero attached hydrogens (tertiary/aromatic N) is 1. The van der Waals surface area contributed by atoms with E-state index in [2.05, 4.69) is 31.7 Å². The van der Waals surface area contributed by atoms with Crippen LogP contribution in [0.5, 0.6) is 17.2 Å². The summed E-state index contributed by atoms with van der Waals surface area (Å²) in [5, 5.41) is 0. The van der Waals surface area contributed by atoms with Crippen molar-refractivity contribution >= 4 is 11.7 Å². The summed E-state index contributed by atoms with van der Waals surface area (Å²) in [6.45, 7) is 8.84. The van der Waals surface area contributed by atoms with Crippen molar-refractivity contribution in [1.29, 1.82) is 0 Å². The van der Waals surface area contributed by atoms with Crippen LogP contribution in [0.3, 0.4) is 0 Å². The zero-order valence-electron chi connectivity index (χ0n) is 19.4. The molecule has 0 aliphatic carbocycles. The summed E-state index contributed by atoms with van der Waals surface area (Å²) < 4.78 is 18.7. The standard InChI is InChI=1S/C28H29NO4/c1-4-7-16-31-20-13-15-25-24(18-20)28(22-11-9-8-10-21(22)27(30)33-28)23-14-12-19(17-26(23)32-25)29(5-2)6-3/h8-15,17-18H,4-7,16H2,1-3H3. The Balaban J connectivity index is 1.71. The summed E-state index contributed by atoms with van der Waals surface area (Å²) in [5.74, 6) is 1.80. The van der Waals surface area contributed by atoms with Crippen LogP contribution in [-0.2, 0) is 10.3 Å². The number of rotatable bonds is 7. The Hall–Kier alpha value is -3.47. The van der Waals surface area contributed by atoms with E-state index in [9.17, 15) is 4.79 Å². The molecule has 1 unspecified atom stereocenters. The van der Waals surface area contributed by atoms with Gasteiger partial charge in [-0.15, -0.1) is 0 Å². The zero-order chi connectivity index (χ0) is 23.0. The predicted molar refractivity (Wildman–Crippen MR) is 129 cm³/mol. The average molecular weight is 444 g/mol. The summed E-state index contributed by atoms with van der Waals surface area (Å²) >= 11 is 0. The molecule has 0 amide bonds. The highest BCUT2D eigenvalue weighted by atomic mass is 16.6. The first-order valence-electron chi connectivity index (χ1n) is 11.8. The van der Waals surface area contributed by atoms with Crippen molar-refractivity contribution in [2.75, 3.05) is 24.6 Å². The molecule has 3 aromatic carbocycles. The molecule has 0 saturated heterocycles. The second-order valence-electron chi connectivity index (χ2n) is 8.43. The van der Waals surface area contributed by atoms with Crippen molar-refractivity contribution in [3.8, 4) is 17.2 Å². The van der Waals surface area contributed by atoms with Gasteiger partial charge in [0.15, 0.2) is 5.60 Å². The molecular formula is C28H29NO4. The number of carbonyl (C=O) groups excluding carboxylic acids is 1. The third-order valence-corrected chi connectivity index (χ3v) is 6.56. The molecule has 5 heteroatoms. The molecule has 1 atom stereocenters. The fourth-order valence-corrected chi connectivity index (χ4v) is 4.85. The molecule has 0 bridgehead atoms. The van der Waals surface area contributed by atoms with Crippen LogP contribution in [0.25, 0.3) is 0 Å². The lowest BCUT2D eigenvalue weighted by atomic mass is 9.77. The first-order chi connectivity index (χ1) is 16.1. The second-order valence-corrected chi connectivity index (χ2v) is 8.43. The summed E-state index contributed by atoms with van der Waals surface area (Å²) in [4.78, 5) is 15.3. The van der Waals surface area contributed by atoms with E-state index >= 15 is 0 Å². The Kier molecular flexibility index (Phi) is 5.49. The van der Waals surface area contributed by atoms with Crippen LogP contribution >= 0.6 is 0 Å². The van der Waals surface area contributed by atoms with Gasteiger partial charge in [0.2, 0.25) is 0 Å². The van der Waals surface area contributed by atoms with Crippen LogP contribution in [0.4, 0.5) is 5.69 Å². The number of esters is 1. The third kappa shape index (κ3) is 3.34. The van der Waals surface area contributed by atoms with Crippen molar-refractivity contribution in [2.24, 2.45) is 0 Å². The Bertz CT molecular complexity index is 1200. The lowest BCUT2D eigenvalue weighted by molar-refractivity contribution is 0.0223. The number of hydrogen-bond acceptors (Lipinski definition) is 5. The monoisotopic (exact) mass is 443 g/mol. The van der Waals surface area contributed by atoms with Crippen LogP contribution in [0.15, 0.2) is 60.7 Å². The Morgan fingerprint density at radius 2 is 1.70 bits per heavy atom. The molecule has 0 fully saturated rings. The van der Waals surface area contributed by atoms with Gasteiger partial charge >= 0.3 is 5.97 Å². The number of fused-ring (bicyclic) bond motifs is 6. The van der Waals surface area contributed by atoms with E-state index in [4.69, 9.17) is 14.2 Å². The van der Waals surface area contributed by atoms with Gasteiger partial charge in [0, 0.05) is 36.0 Å². The summed E-state index contributed by atoms with van der Waals surface area (Å²) in [6.07, 6.45) is 2.04. The average Bonchev–Trinajstić information content (AvgIpc) is 3.13. The maximum atomic E-state index is 13.0. The van der Waals surface area contributed by atoms with Gasteiger partial charge in [0.1, 0.15) is 17.2 Å². The molecule has 0 N–H and O–H groups in total. The van der Waals surface area contributed by atoms with E-state index in [1.807, 2.05) is 54.6 Å². The molecule has 2 heterocycles. The maximum absolute atomic E-state index is 13.0. The number of ether oxygens (including phenoxy) is 3. The normalized spacial score (nSPS) is 17.6. The molecule has 5 rings (SSSR count). The molecule has 0 saturated carbocycles. The lowest BCUT2D eigenvalue weighted by Crippen LogP contribution is -2.33. The van der Waals surface area contributed by atoms with Gasteiger partial charge in [-0.1, -0.05) is 31.5 Å². The highest BCUT2D eigenvalue weighted by Crippen LogP contribution is 2.57. The van der Waals surface area contributed by atoms with Gasteiger partial charge in [0.05, 0.1) is 17.7 Å². The van der Waals surface area contributed by atoms with Crippen molar-refractivity contribution in [3.05, 3.63) is 82.9 Å². The van der Waals surface area contributed by atoms with E-state index in [1.165, 1.54) is 0 Å². The van der Waals surface area contributed by atoms with E-state index in [0.717, 1.165) is 54.1 Å². The Labute approximate surface area is 194 Å². The summed E-state index contributed by atoms with van der Waals surface area (Å²) in [7, 11) is 0. The first-order valence-corrected chi connectivity index (χ1v) is 11.8. The molecule has 2 aliphatic heterocycles. The molecule has 0 aromatic heterocycles. The van der Waals surface area contributed by atoms with Gasteiger partial charge < -0.3 is 19.1 Å². The molecule has 1 spiro atoms. The zero-order valence-corrected chi connectivity index (χ0v) is 19.4. The topological polar surface area (TPSA) is 48.0 Å². The second kappa shape index (κ2) is 8.47. The highest BCUT2D eigenvalue weighted by molar-refractivity contribution is 5.97. The van der Waals surface area contributed by atoms with Crippen LogP contribution in [-0.4, -0.2) is 25.7 Å². The SMILES string of the molecule is CCCCOc1ccc2c(c1)C1(OC(=O)c3ccccc31)c1ccc(N(CC)CC)cc1O2. The minimum absolute atomic E-state index is 0.325. The largest absolute Gasteiger partial charge is 0.494 e. The van der Waals surface area contributed by atoms with Crippen LogP contribution in [0.1, 0.15) is 60.7 Å². The van der Waals surface area contributed by atoms with Crippen LogP contribution in [0, 0.1) is 0 Å². The third-order valence-electron chi connectivity index (χ3n) is 6.56. The quantitative estimate of drug-likeness (QED) is 0.318. The molecule has 3 aromatic rings. The minimum atomic E-state index is -1.07. The van der Waals surface area contributed by atoms with Crippen molar-refractivity contribution in [1.82, 2.24) is 0 Å². The minimum Gasteiger partial charge on any atom is -0.494 e. The van der Waals surface area contributed by atoms with Gasteiger partial charge in [-0.25, -0.2) is 4.79 Å². The number of hydrogen-bond donors (Lipinski definition) is 0. The van der Waals surface area contributed by atoms with E-state index in [1.54, 1.807) is 0 Å². The van der Waals surface area contributed by atoms with Crippen molar-refractivity contribution < 1.29 is 19.0 Å². The molecule has 0 radical (unpaired) electrons. The summed E-state index contributed by atoms with van der Waals surface area (Å²) in [5.41, 5.74) is 3.05. The maximum Gasteiger partial charge on any atom is 0.340 e. The number of anilines is 1. The van der Waals surface area contributed by atoms with E-state index in [0.29, 0.717) is 23.7 Å². The number of benzene rings is 3. The fourth-order valence-electron chi connectivity index (χ4n) is 4.85. The molecule has 2 aliphatic rings. The smallest absolute Gasteiger partial charge is 0.340 e. The fraction of sp³-hybridized carbons (Fsp3) is 0.321. The molecule has 5 nitrogen and oxygen atoms in total. The van der Waals surface area contributed by atoms with E-state index < -0.39 is 5.60 Å². The number of unbranched alkanes of at least 4 members (excludes halogenated alkanes) is 1. The van der Waals surface area contributed by atoms with Gasteiger partial charge in [-0.3, -0.25) is 0 Å². The van der Waals surface area contributed by atoms with E-state index in [-0.39, 0.29) is 5.97 Å². The van der Waals surface area contributed by atoms with Crippen molar-refractivity contribution in [2.45, 2.75) is 39.2 Å². The highest BCUT2D eigenvalue weighted by Gasteiger charge is 2.53. The lowest BCUT2D eigenvalue weighted by Gasteiger charge is -2.37. The van der Waals surface area contributed by atoms with Crippen LogP contribution in [0.2, 0.25) is 0 Å². The van der Waals surface area contributed by atoms with Crippen LogP contribution < -0.4 is 14.4 Å². The van der Waals surface area contributed by atoms with Gasteiger partial charge in [-0.2, -0.15) is 0 Å². The Morgan fingerprint density at radius 3 is 2.48 bits per heavy atom. The first kappa shape index (κ1) is 21.4.